The third-order valence-corrected chi connectivity index (χ3v) is 4.12. The van der Waals surface area contributed by atoms with E-state index in [1.807, 2.05) is 11.4 Å². The maximum absolute atomic E-state index is 13.5. The number of rotatable bonds is 3. The number of hydrogen-bond acceptors (Lipinski definition) is 2. The number of halogens is 3. The molecule has 1 heterocycles. The zero-order valence-corrected chi connectivity index (χ0v) is 12.4. The van der Waals surface area contributed by atoms with Gasteiger partial charge in [0.1, 0.15) is 0 Å². The van der Waals surface area contributed by atoms with Crippen molar-refractivity contribution >= 4 is 33.2 Å². The first-order valence-electron chi connectivity index (χ1n) is 5.41. The Hall–Kier alpha value is -1.27. The Bertz CT molecular complexity index is 614. The number of nitrogens with zero attached hydrogens (tertiary/aromatic N) is 1. The fraction of sp³-hybridized carbons (Fsp3) is 0.154. The molecule has 100 valence electrons. The lowest BCUT2D eigenvalue weighted by Crippen LogP contribution is -2.27. The van der Waals surface area contributed by atoms with Crippen molar-refractivity contribution in [2.45, 2.75) is 6.54 Å². The maximum Gasteiger partial charge on any atom is 0.256 e. The van der Waals surface area contributed by atoms with E-state index in [-0.39, 0.29) is 5.56 Å². The molecule has 6 heteroatoms. The van der Waals surface area contributed by atoms with Gasteiger partial charge in [-0.1, -0.05) is 6.07 Å². The largest absolute Gasteiger partial charge is 0.337 e. The highest BCUT2D eigenvalue weighted by Gasteiger charge is 2.18. The number of amides is 1. The van der Waals surface area contributed by atoms with Crippen LogP contribution < -0.4 is 0 Å². The van der Waals surface area contributed by atoms with Crippen LogP contribution in [0.4, 0.5) is 8.78 Å². The average molecular weight is 346 g/mol. The fourth-order valence-corrected chi connectivity index (χ4v) is 2.85. The van der Waals surface area contributed by atoms with E-state index in [4.69, 9.17) is 0 Å². The Kier molecular flexibility index (Phi) is 4.31. The monoisotopic (exact) mass is 345 g/mol. The normalized spacial score (nSPS) is 10.5. The van der Waals surface area contributed by atoms with Crippen LogP contribution in [0.3, 0.4) is 0 Å². The summed E-state index contributed by atoms with van der Waals surface area (Å²) in [5.74, 6) is -2.66. The summed E-state index contributed by atoms with van der Waals surface area (Å²) in [6.07, 6.45) is 0. The predicted molar refractivity (Wildman–Crippen MR) is 74.2 cm³/mol. The molecule has 0 fully saturated rings. The molecule has 0 aliphatic heterocycles. The molecule has 0 aliphatic carbocycles. The van der Waals surface area contributed by atoms with E-state index in [1.165, 1.54) is 28.4 Å². The van der Waals surface area contributed by atoms with Gasteiger partial charge in [-0.05, 0) is 45.1 Å². The number of hydrogen-bond donors (Lipinski definition) is 0. The number of carbonyl (C=O) groups is 1. The van der Waals surface area contributed by atoms with Crippen molar-refractivity contribution in [3.8, 4) is 0 Å². The Labute approximate surface area is 121 Å². The number of carbonyl (C=O) groups excluding carboxylic acids is 1. The van der Waals surface area contributed by atoms with Gasteiger partial charge in [-0.2, -0.15) is 0 Å². The van der Waals surface area contributed by atoms with Gasteiger partial charge in [0.2, 0.25) is 0 Å². The van der Waals surface area contributed by atoms with Crippen LogP contribution in [0.15, 0.2) is 33.4 Å². The lowest BCUT2D eigenvalue weighted by molar-refractivity contribution is 0.0779. The van der Waals surface area contributed by atoms with Crippen LogP contribution in [0.25, 0.3) is 0 Å². The third kappa shape index (κ3) is 3.19. The molecule has 2 aromatic rings. The van der Waals surface area contributed by atoms with Crippen LogP contribution in [0.5, 0.6) is 0 Å². The van der Waals surface area contributed by atoms with E-state index in [9.17, 15) is 13.6 Å². The van der Waals surface area contributed by atoms with Crippen LogP contribution in [-0.2, 0) is 6.54 Å². The highest BCUT2D eigenvalue weighted by Crippen LogP contribution is 2.22. The molecule has 0 saturated heterocycles. The van der Waals surface area contributed by atoms with Crippen LogP contribution in [-0.4, -0.2) is 17.9 Å². The van der Waals surface area contributed by atoms with Gasteiger partial charge in [0.05, 0.1) is 9.35 Å². The Morgan fingerprint density at radius 1 is 1.42 bits per heavy atom. The van der Waals surface area contributed by atoms with Crippen LogP contribution in [0.2, 0.25) is 0 Å². The van der Waals surface area contributed by atoms with Gasteiger partial charge in [0.25, 0.3) is 5.91 Å². The van der Waals surface area contributed by atoms with Gasteiger partial charge in [0.15, 0.2) is 11.6 Å². The summed E-state index contributed by atoms with van der Waals surface area (Å²) in [4.78, 5) is 13.4. The molecule has 1 aromatic carbocycles. The summed E-state index contributed by atoms with van der Waals surface area (Å²) >= 11 is 4.83. The highest BCUT2D eigenvalue weighted by atomic mass is 79.9. The van der Waals surface area contributed by atoms with Gasteiger partial charge >= 0.3 is 0 Å². The summed E-state index contributed by atoms with van der Waals surface area (Å²) in [6.45, 7) is 0.344. The van der Waals surface area contributed by atoms with Crippen molar-refractivity contribution < 1.29 is 13.6 Å². The lowest BCUT2D eigenvalue weighted by Gasteiger charge is -2.16. The van der Waals surface area contributed by atoms with Gasteiger partial charge in [-0.3, -0.25) is 4.79 Å². The minimum Gasteiger partial charge on any atom is -0.337 e. The Balaban J connectivity index is 2.17. The molecule has 0 aliphatic rings. The number of thiophene rings is 1. The van der Waals surface area contributed by atoms with Gasteiger partial charge in [-0.15, -0.1) is 11.3 Å². The Morgan fingerprint density at radius 3 is 2.79 bits per heavy atom. The number of benzene rings is 1. The van der Waals surface area contributed by atoms with Gasteiger partial charge in [-0.25, -0.2) is 8.78 Å². The standard InChI is InChI=1S/C13H10BrF2NOS/c1-17(6-8-5-11(14)19-7-8)13(18)9-3-2-4-10(15)12(9)16/h2-5,7H,6H2,1H3. The molecule has 0 bridgehead atoms. The molecule has 19 heavy (non-hydrogen) atoms. The first-order chi connectivity index (χ1) is 8.99. The smallest absolute Gasteiger partial charge is 0.256 e. The minimum absolute atomic E-state index is 0.253. The lowest BCUT2D eigenvalue weighted by atomic mass is 10.1. The van der Waals surface area contributed by atoms with E-state index >= 15 is 0 Å². The van der Waals surface area contributed by atoms with Crippen molar-refractivity contribution in [1.29, 1.82) is 0 Å². The first kappa shape index (κ1) is 14.1. The second-order valence-corrected chi connectivity index (χ2v) is 6.31. The first-order valence-corrected chi connectivity index (χ1v) is 7.08. The summed E-state index contributed by atoms with van der Waals surface area (Å²) in [5, 5.41) is 1.90. The molecular weight excluding hydrogens is 336 g/mol. The quantitative estimate of drug-likeness (QED) is 0.821. The van der Waals surface area contributed by atoms with Crippen LogP contribution >= 0.6 is 27.3 Å². The summed E-state index contributed by atoms with van der Waals surface area (Å²) in [7, 11) is 1.55. The molecule has 1 aromatic heterocycles. The van der Waals surface area contributed by atoms with E-state index in [1.54, 1.807) is 7.05 Å². The molecule has 0 unspecified atom stereocenters. The second kappa shape index (κ2) is 5.79. The third-order valence-electron chi connectivity index (χ3n) is 2.57. The molecule has 1 amide bonds. The topological polar surface area (TPSA) is 20.3 Å². The van der Waals surface area contributed by atoms with Crippen LogP contribution in [0, 0.1) is 11.6 Å². The van der Waals surface area contributed by atoms with Crippen molar-refractivity contribution in [2.75, 3.05) is 7.05 Å². The summed E-state index contributed by atoms with van der Waals surface area (Å²) in [6, 6.07) is 5.47. The minimum atomic E-state index is -1.11. The van der Waals surface area contributed by atoms with Gasteiger partial charge < -0.3 is 4.90 Å². The maximum atomic E-state index is 13.5. The fourth-order valence-electron chi connectivity index (χ4n) is 1.65. The summed E-state index contributed by atoms with van der Waals surface area (Å²) < 4.78 is 27.6. The van der Waals surface area contributed by atoms with E-state index in [0.717, 1.165) is 15.4 Å². The molecule has 2 nitrogen and oxygen atoms in total. The molecule has 0 N–H and O–H groups in total. The zero-order chi connectivity index (χ0) is 14.0. The molecular formula is C13H10BrF2NOS. The van der Waals surface area contributed by atoms with Crippen molar-refractivity contribution in [3.63, 3.8) is 0 Å². The summed E-state index contributed by atoms with van der Waals surface area (Å²) in [5.41, 5.74) is 0.682. The van der Waals surface area contributed by atoms with Crippen LogP contribution in [0.1, 0.15) is 15.9 Å². The van der Waals surface area contributed by atoms with E-state index < -0.39 is 17.5 Å². The molecule has 0 spiro atoms. The van der Waals surface area contributed by atoms with E-state index in [2.05, 4.69) is 15.9 Å². The van der Waals surface area contributed by atoms with Crippen molar-refractivity contribution in [2.24, 2.45) is 0 Å². The predicted octanol–water partition coefficient (Wildman–Crippen LogP) is 4.06. The molecule has 0 saturated carbocycles. The molecule has 0 atom stereocenters. The molecule has 2 rings (SSSR count). The Morgan fingerprint density at radius 2 is 2.16 bits per heavy atom. The SMILES string of the molecule is CN(Cc1csc(Br)c1)C(=O)c1cccc(F)c1F. The highest BCUT2D eigenvalue weighted by molar-refractivity contribution is 9.11. The second-order valence-electron chi connectivity index (χ2n) is 4.02. The zero-order valence-electron chi connectivity index (χ0n) is 9.99. The average Bonchev–Trinajstić information content (AvgIpc) is 2.77. The molecule has 0 radical (unpaired) electrons. The van der Waals surface area contributed by atoms with Crippen molar-refractivity contribution in [3.05, 3.63) is 56.2 Å². The van der Waals surface area contributed by atoms with Gasteiger partial charge in [0, 0.05) is 13.6 Å². The van der Waals surface area contributed by atoms with Crippen molar-refractivity contribution in [1.82, 2.24) is 4.90 Å². The van der Waals surface area contributed by atoms with E-state index in [0.29, 0.717) is 6.54 Å².